The third-order valence-corrected chi connectivity index (χ3v) is 9.78. The molecule has 3 aromatic rings. The van der Waals surface area contributed by atoms with Crippen LogP contribution in [0.1, 0.15) is 84.8 Å². The summed E-state index contributed by atoms with van der Waals surface area (Å²) in [6, 6.07) is 23.9. The van der Waals surface area contributed by atoms with Gasteiger partial charge in [0.05, 0.1) is 23.1 Å². The molecule has 0 aromatic heterocycles. The summed E-state index contributed by atoms with van der Waals surface area (Å²) in [6.07, 6.45) is 4.29. The van der Waals surface area contributed by atoms with Gasteiger partial charge in [-0.1, -0.05) is 42.5 Å². The van der Waals surface area contributed by atoms with Crippen molar-refractivity contribution in [3.63, 3.8) is 0 Å². The summed E-state index contributed by atoms with van der Waals surface area (Å²) >= 11 is 3.72. The van der Waals surface area contributed by atoms with Gasteiger partial charge in [0.25, 0.3) is 5.91 Å². The van der Waals surface area contributed by atoms with Gasteiger partial charge in [-0.2, -0.15) is 5.26 Å². The van der Waals surface area contributed by atoms with Crippen molar-refractivity contribution in [2.24, 2.45) is 10.9 Å². The lowest BCUT2D eigenvalue weighted by molar-refractivity contribution is -0.116. The van der Waals surface area contributed by atoms with E-state index in [4.69, 9.17) is 14.5 Å². The Labute approximate surface area is 279 Å². The molecule has 3 unspecified atom stereocenters. The minimum absolute atomic E-state index is 0.0324. The number of halogens is 1. The maximum Gasteiger partial charge on any atom is 0.253 e. The Morgan fingerprint density at radius 3 is 2.52 bits per heavy atom. The minimum atomic E-state index is -0.579. The van der Waals surface area contributed by atoms with Crippen LogP contribution in [0.25, 0.3) is 0 Å². The first-order valence-corrected chi connectivity index (χ1v) is 16.9. The van der Waals surface area contributed by atoms with Crippen LogP contribution < -0.4 is 9.47 Å². The summed E-state index contributed by atoms with van der Waals surface area (Å²) in [6.45, 7) is 6.03. The molecular formula is C38H38BrN3O4. The number of aliphatic imine (C=N–C) groups is 1. The molecule has 2 heterocycles. The highest BCUT2D eigenvalue weighted by Gasteiger charge is 2.42. The minimum Gasteiger partial charge on any atom is -0.490 e. The third-order valence-electron chi connectivity index (χ3n) is 9.19. The number of hydrogen-bond acceptors (Lipinski definition) is 6. The standard InChI is InChI=1S/C38H38BrN3O4/c1-3-45-34-21-29(18-31(39)37(34)46-23-25-11-10-14-27(17-25)38(44)42-15-8-5-9-16-42)35-30(22-40)24(2)41-32-19-28(20-33(43)36(32)35)26-12-6-4-7-13-26/h4,6-7,10-14,17-18,21,28,30,35H,3,5,8-9,15-16,19-20,23H2,1-2H3. The number of piperidine rings is 1. The number of nitrogens with zero attached hydrogens (tertiary/aromatic N) is 3. The molecule has 1 fully saturated rings. The number of Topliss-reactive ketones (excluding diaryl/α,β-unsaturated/α-hetero) is 1. The molecule has 0 saturated carbocycles. The van der Waals surface area contributed by atoms with Crippen LogP contribution in [0.3, 0.4) is 0 Å². The predicted octanol–water partition coefficient (Wildman–Crippen LogP) is 8.15. The molecule has 3 aromatic carbocycles. The normalized spacial score (nSPS) is 21.3. The van der Waals surface area contributed by atoms with E-state index in [1.807, 2.05) is 73.3 Å². The van der Waals surface area contributed by atoms with Crippen molar-refractivity contribution in [1.82, 2.24) is 4.90 Å². The summed E-state index contributed by atoms with van der Waals surface area (Å²) in [5, 5.41) is 10.3. The molecule has 236 valence electrons. The highest BCUT2D eigenvalue weighted by Crippen LogP contribution is 2.49. The molecule has 1 saturated heterocycles. The Balaban J connectivity index is 1.29. The van der Waals surface area contributed by atoms with E-state index in [9.17, 15) is 14.9 Å². The third kappa shape index (κ3) is 6.52. The van der Waals surface area contributed by atoms with Crippen LogP contribution in [0.15, 0.2) is 87.5 Å². The number of rotatable bonds is 8. The smallest absolute Gasteiger partial charge is 0.253 e. The van der Waals surface area contributed by atoms with E-state index < -0.39 is 11.8 Å². The van der Waals surface area contributed by atoms with E-state index in [0.717, 1.165) is 48.3 Å². The average Bonchev–Trinajstić information content (AvgIpc) is 3.07. The number of carbonyl (C=O) groups excluding carboxylic acids is 2. The number of hydrogen-bond donors (Lipinski definition) is 0. The molecule has 1 amide bonds. The van der Waals surface area contributed by atoms with Gasteiger partial charge in [0.2, 0.25) is 0 Å². The van der Waals surface area contributed by atoms with Gasteiger partial charge in [0.15, 0.2) is 17.3 Å². The number of benzene rings is 3. The van der Waals surface area contributed by atoms with Gasteiger partial charge in [0, 0.05) is 48.0 Å². The van der Waals surface area contributed by atoms with Gasteiger partial charge in [-0.3, -0.25) is 14.6 Å². The highest BCUT2D eigenvalue weighted by atomic mass is 79.9. The topological polar surface area (TPSA) is 92.0 Å². The lowest BCUT2D eigenvalue weighted by Crippen LogP contribution is -2.35. The summed E-state index contributed by atoms with van der Waals surface area (Å²) in [4.78, 5) is 33.7. The van der Waals surface area contributed by atoms with Crippen molar-refractivity contribution < 1.29 is 19.1 Å². The largest absolute Gasteiger partial charge is 0.490 e. The molecule has 0 radical (unpaired) electrons. The number of allylic oxidation sites excluding steroid dienone is 2. The van der Waals surface area contributed by atoms with E-state index in [0.29, 0.717) is 52.3 Å². The molecule has 3 atom stereocenters. The van der Waals surface area contributed by atoms with Crippen molar-refractivity contribution in [1.29, 1.82) is 5.26 Å². The maximum absolute atomic E-state index is 13.8. The molecule has 2 aliphatic heterocycles. The molecule has 7 nitrogen and oxygen atoms in total. The first-order valence-electron chi connectivity index (χ1n) is 16.1. The van der Waals surface area contributed by atoms with E-state index in [1.54, 1.807) is 0 Å². The van der Waals surface area contributed by atoms with Gasteiger partial charge < -0.3 is 14.4 Å². The van der Waals surface area contributed by atoms with Crippen LogP contribution in [0.4, 0.5) is 0 Å². The fraction of sp³-hybridized carbons (Fsp3) is 0.368. The van der Waals surface area contributed by atoms with Crippen LogP contribution in [0.2, 0.25) is 0 Å². The molecule has 46 heavy (non-hydrogen) atoms. The van der Waals surface area contributed by atoms with Crippen molar-refractivity contribution in [2.45, 2.75) is 64.4 Å². The van der Waals surface area contributed by atoms with Crippen molar-refractivity contribution in [2.75, 3.05) is 19.7 Å². The second-order valence-corrected chi connectivity index (χ2v) is 13.1. The highest BCUT2D eigenvalue weighted by molar-refractivity contribution is 9.10. The molecule has 6 rings (SSSR count). The van der Waals surface area contributed by atoms with Crippen LogP contribution >= 0.6 is 15.9 Å². The van der Waals surface area contributed by atoms with Crippen LogP contribution in [0, 0.1) is 17.2 Å². The summed E-state index contributed by atoms with van der Waals surface area (Å²) < 4.78 is 13.1. The molecule has 3 aliphatic rings. The molecule has 8 heteroatoms. The Bertz CT molecular complexity index is 1740. The zero-order valence-corrected chi connectivity index (χ0v) is 27.9. The van der Waals surface area contributed by atoms with Crippen molar-refractivity contribution >= 4 is 33.3 Å². The number of amides is 1. The van der Waals surface area contributed by atoms with E-state index in [1.165, 1.54) is 6.42 Å². The maximum atomic E-state index is 13.8. The molecule has 0 spiro atoms. The number of nitriles is 1. The van der Waals surface area contributed by atoms with E-state index >= 15 is 0 Å². The van der Waals surface area contributed by atoms with Crippen molar-refractivity contribution in [3.8, 4) is 17.6 Å². The van der Waals surface area contributed by atoms with Gasteiger partial charge in [-0.05, 0) is 102 Å². The summed E-state index contributed by atoms with van der Waals surface area (Å²) in [7, 11) is 0. The Kier molecular flexibility index (Phi) is 9.70. The van der Waals surface area contributed by atoms with Crippen LogP contribution in [-0.4, -0.2) is 42.0 Å². The number of ketones is 1. The second kappa shape index (κ2) is 14.0. The van der Waals surface area contributed by atoms with Crippen molar-refractivity contribution in [3.05, 3.63) is 105 Å². The average molecular weight is 681 g/mol. The summed E-state index contributed by atoms with van der Waals surface area (Å²) in [5.74, 6) is 0.149. The molecule has 1 aliphatic carbocycles. The monoisotopic (exact) mass is 679 g/mol. The Morgan fingerprint density at radius 1 is 1.00 bits per heavy atom. The number of likely N-dealkylation sites (tertiary alicyclic amines) is 1. The SMILES string of the molecule is CCOc1cc(C2C3=C(CC(c4ccccc4)CC3=O)N=C(C)C2C#N)cc(Br)c1OCc1cccc(C(=O)N2CCCCC2)c1. The zero-order valence-electron chi connectivity index (χ0n) is 26.3. The number of carbonyl (C=O) groups is 2. The first-order chi connectivity index (χ1) is 22.4. The van der Waals surface area contributed by atoms with Gasteiger partial charge in [-0.25, -0.2) is 0 Å². The Morgan fingerprint density at radius 2 is 1.78 bits per heavy atom. The van der Waals surface area contributed by atoms with E-state index in [-0.39, 0.29) is 24.2 Å². The van der Waals surface area contributed by atoms with Crippen LogP contribution in [-0.2, 0) is 11.4 Å². The Hall–Kier alpha value is -4.22. The fourth-order valence-corrected chi connectivity index (χ4v) is 7.52. The lowest BCUT2D eigenvalue weighted by atomic mass is 9.69. The molecular weight excluding hydrogens is 642 g/mol. The van der Waals surface area contributed by atoms with E-state index in [2.05, 4.69) is 34.1 Å². The molecule has 0 N–H and O–H groups in total. The second-order valence-electron chi connectivity index (χ2n) is 12.2. The predicted molar refractivity (Wildman–Crippen MR) is 181 cm³/mol. The quantitative estimate of drug-likeness (QED) is 0.240. The first kappa shape index (κ1) is 31.7. The fourth-order valence-electron chi connectivity index (χ4n) is 6.95. The van der Waals surface area contributed by atoms with Gasteiger partial charge in [0.1, 0.15) is 6.61 Å². The lowest BCUT2D eigenvalue weighted by Gasteiger charge is -2.35. The summed E-state index contributed by atoms with van der Waals surface area (Å²) in [5.41, 5.74) is 5.57. The van der Waals surface area contributed by atoms with Crippen LogP contribution in [0.5, 0.6) is 11.5 Å². The van der Waals surface area contributed by atoms with Gasteiger partial charge in [-0.15, -0.1) is 0 Å². The molecule has 0 bridgehead atoms. The van der Waals surface area contributed by atoms with Gasteiger partial charge >= 0.3 is 0 Å². The zero-order chi connectivity index (χ0) is 32.2. The number of ether oxygens (including phenoxy) is 2.